The van der Waals surface area contributed by atoms with Gasteiger partial charge in [0.2, 0.25) is 0 Å². The van der Waals surface area contributed by atoms with E-state index in [0.717, 1.165) is 37.1 Å². The van der Waals surface area contributed by atoms with Crippen LogP contribution in [0.25, 0.3) is 10.9 Å². The smallest absolute Gasteiger partial charge is 0.350 e. The van der Waals surface area contributed by atoms with Crippen molar-refractivity contribution in [2.24, 2.45) is 17.6 Å². The Morgan fingerprint density at radius 1 is 1.25 bits per heavy atom. The molecule has 1 saturated carbocycles. The van der Waals surface area contributed by atoms with E-state index in [4.69, 9.17) is 23.2 Å². The van der Waals surface area contributed by atoms with E-state index in [1.165, 1.54) is 0 Å². The lowest BCUT2D eigenvalue weighted by atomic mass is 9.81. The van der Waals surface area contributed by atoms with Gasteiger partial charge >= 0.3 is 5.69 Å². The van der Waals surface area contributed by atoms with Gasteiger partial charge in [-0.1, -0.05) is 31.9 Å². The summed E-state index contributed by atoms with van der Waals surface area (Å²) in [6, 6.07) is 1.91. The zero-order valence-corrected chi connectivity index (χ0v) is 17.4. The molecule has 0 radical (unpaired) electrons. The van der Waals surface area contributed by atoms with Crippen molar-refractivity contribution in [2.45, 2.75) is 52.1 Å². The van der Waals surface area contributed by atoms with Crippen molar-refractivity contribution in [3.8, 4) is 0 Å². The fourth-order valence-corrected chi connectivity index (χ4v) is 5.36. The molecule has 2 fully saturated rings. The average molecular weight is 406 g/mol. The van der Waals surface area contributed by atoms with Gasteiger partial charge < -0.3 is 16.5 Å². The highest BCUT2D eigenvalue weighted by Gasteiger charge is 2.34. The van der Waals surface area contributed by atoms with Crippen LogP contribution >= 0.6 is 11.6 Å². The van der Waals surface area contributed by atoms with Crippen molar-refractivity contribution in [3.63, 3.8) is 0 Å². The molecule has 28 heavy (non-hydrogen) atoms. The summed E-state index contributed by atoms with van der Waals surface area (Å²) in [6.07, 6.45) is 2.82. The van der Waals surface area contributed by atoms with E-state index in [2.05, 4.69) is 18.7 Å². The van der Waals surface area contributed by atoms with Crippen LogP contribution in [-0.4, -0.2) is 28.4 Å². The van der Waals surface area contributed by atoms with Gasteiger partial charge in [0.05, 0.1) is 21.6 Å². The summed E-state index contributed by atoms with van der Waals surface area (Å²) >= 11 is 6.89. The minimum Gasteiger partial charge on any atom is -0.368 e. The van der Waals surface area contributed by atoms with Gasteiger partial charge in [0, 0.05) is 25.2 Å². The summed E-state index contributed by atoms with van der Waals surface area (Å²) in [5.41, 5.74) is 7.71. The van der Waals surface area contributed by atoms with Gasteiger partial charge in [-0.3, -0.25) is 9.36 Å². The highest BCUT2D eigenvalue weighted by Crippen LogP contribution is 2.42. The first-order chi connectivity index (χ1) is 13.3. The molecule has 4 rings (SSSR count). The number of piperidine rings is 1. The van der Waals surface area contributed by atoms with E-state index >= 15 is 0 Å². The average Bonchev–Trinajstić information content (AvgIpc) is 3.46. The molecule has 152 valence electrons. The van der Waals surface area contributed by atoms with Crippen LogP contribution in [0.5, 0.6) is 0 Å². The summed E-state index contributed by atoms with van der Waals surface area (Å²) in [7, 11) is 0. The Bertz CT molecular complexity index is 1040. The maximum Gasteiger partial charge on any atom is 0.350 e. The number of nitrogens with zero attached hydrogens (tertiary/aromatic N) is 3. The molecule has 3 atom stereocenters. The normalized spacial score (nSPS) is 25.5. The Hall–Kier alpha value is -1.99. The van der Waals surface area contributed by atoms with Crippen LogP contribution in [0, 0.1) is 18.8 Å². The summed E-state index contributed by atoms with van der Waals surface area (Å²) < 4.78 is 2.30. The van der Waals surface area contributed by atoms with Gasteiger partial charge in [0.1, 0.15) is 0 Å². The molecular weight excluding hydrogens is 378 g/mol. The molecule has 0 unspecified atom stereocenters. The number of aryl methyl sites for hydroxylation is 1. The molecule has 1 aromatic carbocycles. The molecule has 2 aliphatic rings. The Morgan fingerprint density at radius 2 is 1.93 bits per heavy atom. The van der Waals surface area contributed by atoms with E-state index in [1.807, 2.05) is 13.0 Å². The van der Waals surface area contributed by atoms with Crippen molar-refractivity contribution in [1.29, 1.82) is 0 Å². The molecule has 8 heteroatoms. The number of fused-ring (bicyclic) bond motifs is 1. The predicted octanol–water partition coefficient (Wildman–Crippen LogP) is 1.98. The van der Waals surface area contributed by atoms with Gasteiger partial charge in [-0.25, -0.2) is 4.79 Å². The second-order valence-corrected chi connectivity index (χ2v) is 8.81. The van der Waals surface area contributed by atoms with Gasteiger partial charge in [-0.05, 0) is 43.2 Å². The highest BCUT2D eigenvalue weighted by molar-refractivity contribution is 6.38. The van der Waals surface area contributed by atoms with E-state index in [0.29, 0.717) is 39.0 Å². The van der Waals surface area contributed by atoms with Crippen LogP contribution in [0.3, 0.4) is 0 Å². The van der Waals surface area contributed by atoms with E-state index in [9.17, 15) is 9.59 Å². The van der Waals surface area contributed by atoms with Gasteiger partial charge in [-0.2, -0.15) is 4.68 Å². The van der Waals surface area contributed by atoms with Crippen LogP contribution < -0.4 is 27.7 Å². The molecule has 0 spiro atoms. The van der Waals surface area contributed by atoms with Crippen molar-refractivity contribution < 1.29 is 0 Å². The van der Waals surface area contributed by atoms with E-state index in [-0.39, 0.29) is 12.1 Å². The summed E-state index contributed by atoms with van der Waals surface area (Å²) in [5, 5.41) is 0.840. The van der Waals surface area contributed by atoms with Crippen LogP contribution in [0.4, 0.5) is 5.69 Å². The third-order valence-electron chi connectivity index (χ3n) is 6.43. The zero-order valence-electron chi connectivity index (χ0n) is 16.6. The van der Waals surface area contributed by atoms with Crippen LogP contribution in [0.2, 0.25) is 5.02 Å². The largest absolute Gasteiger partial charge is 0.368 e. The molecular formula is C20H28ClN5O2. The van der Waals surface area contributed by atoms with Crippen molar-refractivity contribution >= 4 is 28.2 Å². The minimum absolute atomic E-state index is 0.0467. The second kappa shape index (κ2) is 6.81. The summed E-state index contributed by atoms with van der Waals surface area (Å²) in [6.45, 7) is 7.89. The summed E-state index contributed by atoms with van der Waals surface area (Å²) in [4.78, 5) is 27.6. The topological polar surface area (TPSA) is 99.3 Å². The van der Waals surface area contributed by atoms with Crippen LogP contribution in [0.1, 0.15) is 44.7 Å². The molecule has 2 aromatic rings. The molecule has 1 aliphatic carbocycles. The van der Waals surface area contributed by atoms with E-state index in [1.54, 1.807) is 4.57 Å². The third kappa shape index (κ3) is 2.83. The zero-order chi connectivity index (χ0) is 20.3. The number of anilines is 1. The molecule has 1 aliphatic heterocycles. The minimum atomic E-state index is -0.511. The van der Waals surface area contributed by atoms with Gasteiger partial charge in [0.25, 0.3) is 5.56 Å². The lowest BCUT2D eigenvalue weighted by Gasteiger charge is -2.43. The second-order valence-electron chi connectivity index (χ2n) is 8.43. The lowest BCUT2D eigenvalue weighted by molar-refractivity contribution is 0.254. The highest BCUT2D eigenvalue weighted by atomic mass is 35.5. The van der Waals surface area contributed by atoms with E-state index < -0.39 is 11.2 Å². The summed E-state index contributed by atoms with van der Waals surface area (Å²) in [5.74, 6) is 6.67. The number of nitrogen functional groups attached to an aromatic ring is 1. The first kappa shape index (κ1) is 19.3. The number of benzene rings is 1. The maximum atomic E-state index is 12.7. The number of rotatable bonds is 3. The van der Waals surface area contributed by atoms with Gasteiger partial charge in [0.15, 0.2) is 0 Å². The molecule has 1 aromatic heterocycles. The Balaban J connectivity index is 1.94. The number of aromatic nitrogens is 2. The molecule has 0 amide bonds. The Morgan fingerprint density at radius 3 is 2.50 bits per heavy atom. The predicted molar refractivity (Wildman–Crippen MR) is 114 cm³/mol. The van der Waals surface area contributed by atoms with Crippen molar-refractivity contribution in [2.75, 3.05) is 23.8 Å². The first-order valence-electron chi connectivity index (χ1n) is 10.0. The molecule has 1 saturated heterocycles. The molecule has 4 N–H and O–H groups in total. The monoisotopic (exact) mass is 405 g/mol. The lowest BCUT2D eigenvalue weighted by Crippen LogP contribution is -2.52. The quantitative estimate of drug-likeness (QED) is 0.760. The fourth-order valence-electron chi connectivity index (χ4n) is 4.90. The van der Waals surface area contributed by atoms with Gasteiger partial charge in [-0.15, -0.1) is 0 Å². The first-order valence-corrected chi connectivity index (χ1v) is 10.4. The van der Waals surface area contributed by atoms with Crippen molar-refractivity contribution in [3.05, 3.63) is 37.5 Å². The maximum absolute atomic E-state index is 12.7. The fraction of sp³-hybridized carbons (Fsp3) is 0.600. The molecule has 2 heterocycles. The third-order valence-corrected chi connectivity index (χ3v) is 6.79. The van der Waals surface area contributed by atoms with Crippen LogP contribution in [0.15, 0.2) is 15.7 Å². The van der Waals surface area contributed by atoms with Crippen molar-refractivity contribution in [1.82, 2.24) is 9.24 Å². The SMILES string of the molecule is CC[C@@H]1[C@H](C)CN(c2c(C)cc3c(=O)n(N)c(=O)n(C4CC4)c3c2Cl)C[C@H]1N. The number of hydrogen-bond donors (Lipinski definition) is 2. The standard InChI is InChI=1S/C20H28ClN5O2/c1-4-13-11(3)8-24(9-15(13)22)17-10(2)7-14-18(16(17)21)25(12-5-6-12)20(28)26(23)19(14)27/h7,11-13,15H,4-6,8-9,22-23H2,1-3H3/t11-,13-,15-/m1/s1. The number of halogens is 1. The number of nitrogens with two attached hydrogens (primary N) is 2. The molecule has 0 bridgehead atoms. The Labute approximate surface area is 168 Å². The Kier molecular flexibility index (Phi) is 4.70. The van der Waals surface area contributed by atoms with Crippen LogP contribution in [-0.2, 0) is 0 Å². The molecule has 7 nitrogen and oxygen atoms in total. The number of hydrogen-bond acceptors (Lipinski definition) is 5.